The average molecular weight is 383 g/mol. The second kappa shape index (κ2) is 7.74. The molecule has 5 nitrogen and oxygen atoms in total. The first-order chi connectivity index (χ1) is 13.1. The van der Waals surface area contributed by atoms with Crippen LogP contribution in [0.4, 0.5) is 5.69 Å². The van der Waals surface area contributed by atoms with E-state index in [2.05, 4.69) is 58.1 Å². The quantitative estimate of drug-likeness (QED) is 0.735. The van der Waals surface area contributed by atoms with E-state index in [1.807, 2.05) is 18.0 Å². The first kappa shape index (κ1) is 18.1. The predicted octanol–water partition coefficient (Wildman–Crippen LogP) is 3.43. The Hall–Kier alpha value is -2.31. The lowest BCUT2D eigenvalue weighted by atomic mass is 10.2. The number of amides is 1. The van der Waals surface area contributed by atoms with E-state index in [0.717, 1.165) is 49.5 Å². The van der Waals surface area contributed by atoms with Crippen molar-refractivity contribution in [2.24, 2.45) is 0 Å². The Kier molecular flexibility index (Phi) is 5.18. The molecule has 142 valence electrons. The maximum atomic E-state index is 12.7. The zero-order valence-electron chi connectivity index (χ0n) is 15.9. The van der Waals surface area contributed by atoms with Crippen LogP contribution in [0.1, 0.15) is 15.4 Å². The van der Waals surface area contributed by atoms with E-state index in [-0.39, 0.29) is 5.91 Å². The average Bonchev–Trinajstić information content (AvgIpc) is 3.24. The summed E-state index contributed by atoms with van der Waals surface area (Å²) < 4.78 is 1.15. The Balaban J connectivity index is 1.27. The first-order valence-electron chi connectivity index (χ1n) is 9.47. The molecule has 3 heterocycles. The van der Waals surface area contributed by atoms with Gasteiger partial charge in [0.05, 0.1) is 10.2 Å². The van der Waals surface area contributed by atoms with Gasteiger partial charge in [0.25, 0.3) is 5.91 Å². The molecule has 1 fully saturated rings. The number of piperazine rings is 1. The molecule has 27 heavy (non-hydrogen) atoms. The van der Waals surface area contributed by atoms with Gasteiger partial charge in [0.1, 0.15) is 5.69 Å². The SMILES string of the molecule is Cc1cc2[nH]c(C(=O)N(C)CCN3CCN(c4ccccc4)CC3)cc2s1. The summed E-state index contributed by atoms with van der Waals surface area (Å²) in [7, 11) is 1.89. The Morgan fingerprint density at radius 1 is 1.15 bits per heavy atom. The van der Waals surface area contributed by atoms with Gasteiger partial charge in [-0.15, -0.1) is 11.3 Å². The number of hydrogen-bond acceptors (Lipinski definition) is 4. The zero-order valence-corrected chi connectivity index (χ0v) is 16.8. The zero-order chi connectivity index (χ0) is 18.8. The largest absolute Gasteiger partial charge is 0.369 e. The third-order valence-electron chi connectivity index (χ3n) is 5.25. The molecule has 0 bridgehead atoms. The summed E-state index contributed by atoms with van der Waals surface area (Å²) in [4.78, 5) is 23.9. The van der Waals surface area contributed by atoms with Crippen molar-refractivity contribution in [2.75, 3.05) is 51.2 Å². The highest BCUT2D eigenvalue weighted by Gasteiger charge is 2.19. The highest BCUT2D eigenvalue weighted by atomic mass is 32.1. The molecule has 0 saturated carbocycles. The van der Waals surface area contributed by atoms with Gasteiger partial charge in [0.15, 0.2) is 0 Å². The van der Waals surface area contributed by atoms with Crippen LogP contribution in [0.2, 0.25) is 0 Å². The number of hydrogen-bond donors (Lipinski definition) is 1. The van der Waals surface area contributed by atoms with Crippen molar-refractivity contribution in [3.05, 3.63) is 53.0 Å². The maximum Gasteiger partial charge on any atom is 0.270 e. The molecule has 1 N–H and O–H groups in total. The van der Waals surface area contributed by atoms with Crippen LogP contribution in [-0.4, -0.2) is 67.0 Å². The lowest BCUT2D eigenvalue weighted by Crippen LogP contribution is -2.48. The molecule has 0 atom stereocenters. The Bertz CT molecular complexity index is 877. The summed E-state index contributed by atoms with van der Waals surface area (Å²) in [5.74, 6) is 0.0685. The minimum Gasteiger partial charge on any atom is -0.369 e. The molecule has 1 aliphatic heterocycles. The Morgan fingerprint density at radius 3 is 2.59 bits per heavy atom. The molecule has 4 rings (SSSR count). The van der Waals surface area contributed by atoms with Gasteiger partial charge in [0.2, 0.25) is 0 Å². The van der Waals surface area contributed by atoms with Gasteiger partial charge in [-0.05, 0) is 31.2 Å². The molecule has 1 saturated heterocycles. The third kappa shape index (κ3) is 4.01. The molecule has 3 aromatic rings. The molecule has 1 aliphatic rings. The molecular weight excluding hydrogens is 356 g/mol. The van der Waals surface area contributed by atoms with E-state index in [1.54, 1.807) is 11.3 Å². The van der Waals surface area contributed by atoms with Crippen molar-refractivity contribution in [3.63, 3.8) is 0 Å². The molecule has 0 aliphatic carbocycles. The number of H-pyrrole nitrogens is 1. The summed E-state index contributed by atoms with van der Waals surface area (Å²) >= 11 is 1.72. The van der Waals surface area contributed by atoms with Gasteiger partial charge in [-0.3, -0.25) is 9.69 Å². The number of aromatic amines is 1. The number of nitrogens with one attached hydrogen (secondary N) is 1. The fourth-order valence-corrected chi connectivity index (χ4v) is 4.55. The van der Waals surface area contributed by atoms with Gasteiger partial charge < -0.3 is 14.8 Å². The summed E-state index contributed by atoms with van der Waals surface area (Å²) in [5, 5.41) is 0. The van der Waals surface area contributed by atoms with Crippen molar-refractivity contribution < 1.29 is 4.79 Å². The number of aryl methyl sites for hydroxylation is 1. The van der Waals surface area contributed by atoms with Crippen LogP contribution < -0.4 is 4.90 Å². The molecular formula is C21H26N4OS. The van der Waals surface area contributed by atoms with E-state index in [4.69, 9.17) is 0 Å². The third-order valence-corrected chi connectivity index (χ3v) is 6.25. The predicted molar refractivity (Wildman–Crippen MR) is 113 cm³/mol. The molecule has 0 radical (unpaired) electrons. The van der Waals surface area contributed by atoms with Crippen LogP contribution in [-0.2, 0) is 0 Å². The molecule has 1 aromatic carbocycles. The van der Waals surface area contributed by atoms with Crippen molar-refractivity contribution in [1.82, 2.24) is 14.8 Å². The van der Waals surface area contributed by atoms with E-state index < -0.39 is 0 Å². The Morgan fingerprint density at radius 2 is 1.89 bits per heavy atom. The van der Waals surface area contributed by atoms with Crippen molar-refractivity contribution in [1.29, 1.82) is 0 Å². The minimum atomic E-state index is 0.0685. The van der Waals surface area contributed by atoms with Gasteiger partial charge >= 0.3 is 0 Å². The number of para-hydroxylation sites is 1. The van der Waals surface area contributed by atoms with E-state index in [9.17, 15) is 4.79 Å². The number of rotatable bonds is 5. The summed E-state index contributed by atoms with van der Waals surface area (Å²) in [6.45, 7) is 7.89. The van der Waals surface area contributed by atoms with Gasteiger partial charge in [0, 0.05) is 56.9 Å². The molecule has 2 aromatic heterocycles. The summed E-state index contributed by atoms with van der Waals surface area (Å²) in [6, 6.07) is 14.7. The number of benzene rings is 1. The maximum absolute atomic E-state index is 12.7. The summed E-state index contributed by atoms with van der Waals surface area (Å²) in [5.41, 5.74) is 3.05. The fraction of sp³-hybridized carbons (Fsp3) is 0.381. The highest BCUT2D eigenvalue weighted by Crippen LogP contribution is 2.25. The fourth-order valence-electron chi connectivity index (χ4n) is 3.63. The number of likely N-dealkylation sites (N-methyl/N-ethyl adjacent to an activating group) is 1. The van der Waals surface area contributed by atoms with Crippen LogP contribution in [0.5, 0.6) is 0 Å². The standard InChI is InChI=1S/C21H26N4OS/c1-16-14-18-20(27-16)15-19(22-18)21(26)23(2)8-9-24-10-12-25(13-11-24)17-6-4-3-5-7-17/h3-7,14-15,22H,8-13H2,1-2H3. The number of carbonyl (C=O) groups is 1. The van der Waals surface area contributed by atoms with E-state index in [0.29, 0.717) is 5.69 Å². The van der Waals surface area contributed by atoms with Gasteiger partial charge in [-0.1, -0.05) is 18.2 Å². The van der Waals surface area contributed by atoms with Crippen LogP contribution in [0.25, 0.3) is 10.2 Å². The van der Waals surface area contributed by atoms with Crippen molar-refractivity contribution >= 4 is 33.1 Å². The van der Waals surface area contributed by atoms with Crippen LogP contribution >= 0.6 is 11.3 Å². The van der Waals surface area contributed by atoms with E-state index >= 15 is 0 Å². The lowest BCUT2D eigenvalue weighted by Gasteiger charge is -2.36. The number of fused-ring (bicyclic) bond motifs is 1. The van der Waals surface area contributed by atoms with Gasteiger partial charge in [-0.25, -0.2) is 0 Å². The second-order valence-corrected chi connectivity index (χ2v) is 8.50. The smallest absolute Gasteiger partial charge is 0.270 e. The van der Waals surface area contributed by atoms with Gasteiger partial charge in [-0.2, -0.15) is 0 Å². The number of thiophene rings is 1. The monoisotopic (exact) mass is 382 g/mol. The van der Waals surface area contributed by atoms with Crippen LogP contribution in [0, 0.1) is 6.92 Å². The first-order valence-corrected chi connectivity index (χ1v) is 10.3. The van der Waals surface area contributed by atoms with Crippen molar-refractivity contribution in [2.45, 2.75) is 6.92 Å². The van der Waals surface area contributed by atoms with Crippen LogP contribution in [0.15, 0.2) is 42.5 Å². The molecule has 0 unspecified atom stereocenters. The minimum absolute atomic E-state index is 0.0685. The molecule has 1 amide bonds. The lowest BCUT2D eigenvalue weighted by molar-refractivity contribution is 0.0771. The van der Waals surface area contributed by atoms with Crippen molar-refractivity contribution in [3.8, 4) is 0 Å². The molecule has 6 heteroatoms. The molecule has 0 spiro atoms. The highest BCUT2D eigenvalue weighted by molar-refractivity contribution is 7.19. The number of anilines is 1. The van der Waals surface area contributed by atoms with Crippen LogP contribution in [0.3, 0.4) is 0 Å². The second-order valence-electron chi connectivity index (χ2n) is 7.21. The number of carbonyl (C=O) groups excluding carboxylic acids is 1. The van der Waals surface area contributed by atoms with E-state index in [1.165, 1.54) is 10.6 Å². The normalized spacial score (nSPS) is 15.4. The topological polar surface area (TPSA) is 42.6 Å². The number of aromatic nitrogens is 1. The Labute approximate surface area is 164 Å². The summed E-state index contributed by atoms with van der Waals surface area (Å²) in [6.07, 6.45) is 0. The number of nitrogens with zero attached hydrogens (tertiary/aromatic N) is 3.